The van der Waals surface area contributed by atoms with E-state index in [2.05, 4.69) is 4.98 Å². The van der Waals surface area contributed by atoms with Gasteiger partial charge in [0.2, 0.25) is 0 Å². The monoisotopic (exact) mass is 239 g/mol. The van der Waals surface area contributed by atoms with Crippen molar-refractivity contribution in [1.29, 1.82) is 0 Å². The number of furan rings is 1. The van der Waals surface area contributed by atoms with Crippen molar-refractivity contribution >= 4 is 16.7 Å². The minimum atomic E-state index is 0.0488. The van der Waals surface area contributed by atoms with E-state index in [0.29, 0.717) is 12.1 Å². The number of para-hydroxylation sites is 1. The predicted molar refractivity (Wildman–Crippen MR) is 69.8 cm³/mol. The van der Waals surface area contributed by atoms with Crippen LogP contribution in [0.2, 0.25) is 0 Å². The number of Topliss-reactive ketones (excluding diaryl/α,β-unsaturated/α-hetero) is 1. The first kappa shape index (κ1) is 10.8. The van der Waals surface area contributed by atoms with Crippen LogP contribution in [0.5, 0.6) is 0 Å². The number of nitrogens with one attached hydrogen (secondary N) is 1. The van der Waals surface area contributed by atoms with Crippen molar-refractivity contribution in [2.24, 2.45) is 0 Å². The number of carbonyl (C=O) groups excluding carboxylic acids is 1. The lowest BCUT2D eigenvalue weighted by molar-refractivity contribution is 0.101. The van der Waals surface area contributed by atoms with E-state index in [0.717, 1.165) is 22.2 Å². The molecule has 0 aliphatic carbocycles. The first-order chi connectivity index (χ1) is 8.75. The number of ketones is 1. The van der Waals surface area contributed by atoms with Crippen LogP contribution in [0.15, 0.2) is 47.1 Å². The molecule has 0 saturated carbocycles. The third-order valence-corrected chi connectivity index (χ3v) is 3.10. The van der Waals surface area contributed by atoms with Crippen molar-refractivity contribution in [1.82, 2.24) is 4.98 Å². The zero-order chi connectivity index (χ0) is 12.5. The van der Waals surface area contributed by atoms with Crippen molar-refractivity contribution in [2.75, 3.05) is 0 Å². The number of rotatable bonds is 3. The number of benzene rings is 1. The Morgan fingerprint density at radius 3 is 2.78 bits per heavy atom. The summed E-state index contributed by atoms with van der Waals surface area (Å²) in [5.41, 5.74) is 2.67. The second-order valence-electron chi connectivity index (χ2n) is 4.34. The van der Waals surface area contributed by atoms with Crippen LogP contribution in [0, 0.1) is 0 Å². The van der Waals surface area contributed by atoms with E-state index in [9.17, 15) is 4.79 Å². The fourth-order valence-electron chi connectivity index (χ4n) is 2.27. The van der Waals surface area contributed by atoms with Crippen LogP contribution in [-0.2, 0) is 6.42 Å². The topological polar surface area (TPSA) is 46.0 Å². The average molecular weight is 239 g/mol. The van der Waals surface area contributed by atoms with Gasteiger partial charge in [-0.05, 0) is 23.8 Å². The molecular weight excluding hydrogens is 226 g/mol. The molecule has 0 saturated heterocycles. The third kappa shape index (κ3) is 1.74. The van der Waals surface area contributed by atoms with Crippen LogP contribution in [0.4, 0.5) is 0 Å². The van der Waals surface area contributed by atoms with E-state index in [4.69, 9.17) is 4.42 Å². The fraction of sp³-hybridized carbons (Fsp3) is 0.133. The molecule has 0 spiro atoms. The summed E-state index contributed by atoms with van der Waals surface area (Å²) in [5, 5.41) is 1.08. The third-order valence-electron chi connectivity index (χ3n) is 3.10. The van der Waals surface area contributed by atoms with E-state index in [1.54, 1.807) is 13.2 Å². The number of aromatic amines is 1. The normalized spacial score (nSPS) is 10.9. The molecule has 18 heavy (non-hydrogen) atoms. The maximum Gasteiger partial charge on any atom is 0.176 e. The van der Waals surface area contributed by atoms with E-state index in [1.807, 2.05) is 36.4 Å². The minimum Gasteiger partial charge on any atom is -0.469 e. The van der Waals surface area contributed by atoms with Gasteiger partial charge >= 0.3 is 0 Å². The van der Waals surface area contributed by atoms with Gasteiger partial charge in [-0.15, -0.1) is 0 Å². The van der Waals surface area contributed by atoms with Gasteiger partial charge in [-0.1, -0.05) is 18.2 Å². The van der Waals surface area contributed by atoms with Crippen molar-refractivity contribution < 1.29 is 9.21 Å². The molecule has 2 heterocycles. The van der Waals surface area contributed by atoms with Gasteiger partial charge in [0.25, 0.3) is 0 Å². The number of hydrogen-bond acceptors (Lipinski definition) is 2. The van der Waals surface area contributed by atoms with E-state index >= 15 is 0 Å². The number of hydrogen-bond donors (Lipinski definition) is 1. The van der Waals surface area contributed by atoms with Gasteiger partial charge in [0.15, 0.2) is 5.78 Å². The highest BCUT2D eigenvalue weighted by molar-refractivity contribution is 6.01. The summed E-state index contributed by atoms with van der Waals surface area (Å²) in [5.74, 6) is 0.912. The second-order valence-corrected chi connectivity index (χ2v) is 4.34. The predicted octanol–water partition coefficient (Wildman–Crippen LogP) is 3.55. The highest BCUT2D eigenvalue weighted by Crippen LogP contribution is 2.25. The quantitative estimate of drug-likeness (QED) is 0.710. The van der Waals surface area contributed by atoms with Crippen LogP contribution in [-0.4, -0.2) is 10.8 Å². The standard InChI is InChI=1S/C15H13NO2/c1-10(17)15-13(9-11-5-4-8-18-11)12-6-2-3-7-14(12)16-15/h2-8,16H,9H2,1H3. The van der Waals surface area contributed by atoms with Crippen molar-refractivity contribution in [2.45, 2.75) is 13.3 Å². The molecule has 0 fully saturated rings. The van der Waals surface area contributed by atoms with Gasteiger partial charge in [-0.3, -0.25) is 4.79 Å². The molecule has 0 aliphatic heterocycles. The highest BCUT2D eigenvalue weighted by atomic mass is 16.3. The van der Waals surface area contributed by atoms with Crippen molar-refractivity contribution in [3.8, 4) is 0 Å². The Balaban J connectivity index is 2.18. The molecule has 1 aromatic carbocycles. The Morgan fingerprint density at radius 1 is 1.22 bits per heavy atom. The molecule has 1 N–H and O–H groups in total. The molecule has 0 aliphatic rings. The molecule has 0 unspecified atom stereocenters. The van der Waals surface area contributed by atoms with Crippen LogP contribution >= 0.6 is 0 Å². The van der Waals surface area contributed by atoms with Gasteiger partial charge in [-0.25, -0.2) is 0 Å². The summed E-state index contributed by atoms with van der Waals surface area (Å²) in [6, 6.07) is 11.7. The lowest BCUT2D eigenvalue weighted by atomic mass is 10.0. The Hall–Kier alpha value is -2.29. The van der Waals surface area contributed by atoms with E-state index in [-0.39, 0.29) is 5.78 Å². The maximum atomic E-state index is 11.7. The van der Waals surface area contributed by atoms with Crippen molar-refractivity contribution in [3.05, 3.63) is 59.7 Å². The minimum absolute atomic E-state index is 0.0488. The van der Waals surface area contributed by atoms with Gasteiger partial charge in [0, 0.05) is 24.2 Å². The molecule has 3 heteroatoms. The van der Waals surface area contributed by atoms with Crippen LogP contribution in [0.25, 0.3) is 10.9 Å². The molecule has 0 bridgehead atoms. The Bertz CT molecular complexity index is 692. The summed E-state index contributed by atoms with van der Waals surface area (Å²) in [4.78, 5) is 14.9. The number of fused-ring (bicyclic) bond motifs is 1. The average Bonchev–Trinajstić information content (AvgIpc) is 2.98. The zero-order valence-corrected chi connectivity index (χ0v) is 10.1. The van der Waals surface area contributed by atoms with Crippen LogP contribution < -0.4 is 0 Å². The zero-order valence-electron chi connectivity index (χ0n) is 10.1. The Kier molecular flexibility index (Phi) is 2.52. The molecule has 0 atom stereocenters. The molecule has 3 nitrogen and oxygen atoms in total. The largest absolute Gasteiger partial charge is 0.469 e. The number of H-pyrrole nitrogens is 1. The number of aromatic nitrogens is 1. The van der Waals surface area contributed by atoms with E-state index < -0.39 is 0 Å². The first-order valence-corrected chi connectivity index (χ1v) is 5.88. The summed E-state index contributed by atoms with van der Waals surface area (Å²) in [7, 11) is 0. The second kappa shape index (κ2) is 4.18. The Labute approximate surface area is 104 Å². The van der Waals surface area contributed by atoms with Crippen LogP contribution in [0.3, 0.4) is 0 Å². The molecule has 0 radical (unpaired) electrons. The van der Waals surface area contributed by atoms with Gasteiger partial charge in [0.05, 0.1) is 12.0 Å². The van der Waals surface area contributed by atoms with E-state index in [1.165, 1.54) is 0 Å². The summed E-state index contributed by atoms with van der Waals surface area (Å²) >= 11 is 0. The smallest absolute Gasteiger partial charge is 0.176 e. The molecular formula is C15H13NO2. The fourth-order valence-corrected chi connectivity index (χ4v) is 2.27. The maximum absolute atomic E-state index is 11.7. The molecule has 0 amide bonds. The summed E-state index contributed by atoms with van der Waals surface area (Å²) < 4.78 is 5.37. The molecule has 2 aromatic heterocycles. The first-order valence-electron chi connectivity index (χ1n) is 5.88. The molecule has 3 aromatic rings. The van der Waals surface area contributed by atoms with Gasteiger partial charge in [-0.2, -0.15) is 0 Å². The number of carbonyl (C=O) groups is 1. The summed E-state index contributed by atoms with van der Waals surface area (Å²) in [6.45, 7) is 1.58. The Morgan fingerprint density at radius 2 is 2.06 bits per heavy atom. The van der Waals surface area contributed by atoms with Crippen LogP contribution in [0.1, 0.15) is 28.7 Å². The molecule has 3 rings (SSSR count). The van der Waals surface area contributed by atoms with Gasteiger partial charge < -0.3 is 9.40 Å². The highest BCUT2D eigenvalue weighted by Gasteiger charge is 2.15. The van der Waals surface area contributed by atoms with Crippen molar-refractivity contribution in [3.63, 3.8) is 0 Å². The molecule has 90 valence electrons. The summed E-state index contributed by atoms with van der Waals surface area (Å²) in [6.07, 6.45) is 2.28. The lowest BCUT2D eigenvalue weighted by Gasteiger charge is -1.99. The SMILES string of the molecule is CC(=O)c1[nH]c2ccccc2c1Cc1ccco1. The lowest BCUT2D eigenvalue weighted by Crippen LogP contribution is -1.98. The van der Waals surface area contributed by atoms with Gasteiger partial charge in [0.1, 0.15) is 5.76 Å².